The highest BCUT2D eigenvalue weighted by molar-refractivity contribution is 5.94. The van der Waals surface area contributed by atoms with Gasteiger partial charge in [0.1, 0.15) is 0 Å². The number of rotatable bonds is 5. The van der Waals surface area contributed by atoms with Crippen LogP contribution in [0, 0.1) is 12.8 Å². The smallest absolute Gasteiger partial charge is 0.251 e. The fraction of sp³-hybridized carbons (Fsp3) is 0.476. The van der Waals surface area contributed by atoms with Gasteiger partial charge < -0.3 is 20.1 Å². The molecular formula is C21H30N6O. The summed E-state index contributed by atoms with van der Waals surface area (Å²) in [4.78, 5) is 23.1. The van der Waals surface area contributed by atoms with Gasteiger partial charge in [0, 0.05) is 51.2 Å². The van der Waals surface area contributed by atoms with Gasteiger partial charge in [0.25, 0.3) is 5.91 Å². The third kappa shape index (κ3) is 4.91. The minimum atomic E-state index is -0.0487. The first kappa shape index (κ1) is 19.9. The molecule has 1 saturated heterocycles. The molecule has 0 spiro atoms. The Morgan fingerprint density at radius 1 is 1.32 bits per heavy atom. The number of benzene rings is 1. The van der Waals surface area contributed by atoms with E-state index in [0.717, 1.165) is 31.0 Å². The van der Waals surface area contributed by atoms with Gasteiger partial charge in [-0.25, -0.2) is 4.98 Å². The van der Waals surface area contributed by atoms with Gasteiger partial charge in [-0.1, -0.05) is 24.6 Å². The van der Waals surface area contributed by atoms with E-state index >= 15 is 0 Å². The molecule has 0 bridgehead atoms. The molecular weight excluding hydrogens is 352 g/mol. The number of hydrogen-bond donors (Lipinski definition) is 2. The minimum Gasteiger partial charge on any atom is -0.354 e. The molecule has 1 aliphatic heterocycles. The van der Waals surface area contributed by atoms with Crippen molar-refractivity contribution in [1.29, 1.82) is 0 Å². The zero-order valence-corrected chi connectivity index (χ0v) is 16.9. The van der Waals surface area contributed by atoms with E-state index < -0.39 is 0 Å². The van der Waals surface area contributed by atoms with Gasteiger partial charge >= 0.3 is 0 Å². The van der Waals surface area contributed by atoms with Crippen LogP contribution in [0.4, 0.5) is 0 Å². The number of hydrogen-bond acceptors (Lipinski definition) is 3. The van der Waals surface area contributed by atoms with Crippen molar-refractivity contribution >= 4 is 11.9 Å². The van der Waals surface area contributed by atoms with Crippen LogP contribution in [0.25, 0.3) is 0 Å². The minimum absolute atomic E-state index is 0.0487. The average molecular weight is 383 g/mol. The van der Waals surface area contributed by atoms with E-state index in [9.17, 15) is 4.79 Å². The van der Waals surface area contributed by atoms with E-state index in [2.05, 4.69) is 37.0 Å². The normalized spacial score (nSPS) is 20.1. The van der Waals surface area contributed by atoms with Crippen LogP contribution in [0.2, 0.25) is 0 Å². The second kappa shape index (κ2) is 9.39. The van der Waals surface area contributed by atoms with Crippen LogP contribution >= 0.6 is 0 Å². The lowest BCUT2D eigenvalue weighted by Gasteiger charge is -2.39. The number of aromatic nitrogens is 2. The van der Waals surface area contributed by atoms with Crippen molar-refractivity contribution < 1.29 is 4.79 Å². The van der Waals surface area contributed by atoms with Gasteiger partial charge in [-0.15, -0.1) is 0 Å². The zero-order valence-electron chi connectivity index (χ0n) is 16.9. The van der Waals surface area contributed by atoms with Crippen molar-refractivity contribution in [2.75, 3.05) is 33.2 Å². The monoisotopic (exact) mass is 382 g/mol. The molecule has 1 aromatic carbocycles. The fourth-order valence-corrected chi connectivity index (χ4v) is 3.67. The van der Waals surface area contributed by atoms with Gasteiger partial charge in [0.2, 0.25) is 0 Å². The largest absolute Gasteiger partial charge is 0.354 e. The second-order valence-electron chi connectivity index (χ2n) is 7.39. The predicted octanol–water partition coefficient (Wildman–Crippen LogP) is 2.08. The molecule has 2 unspecified atom stereocenters. The standard InChI is InChI=1S/C21H30N6O/c1-16-5-4-6-18(13-16)20(28)24-8-9-25-21(22-3)26-11-7-17(2)19(14-26)27-12-10-23-15-27/h4-6,10,12-13,15,17,19H,7-9,11,14H2,1-3H3,(H,22,25)(H,24,28). The second-order valence-corrected chi connectivity index (χ2v) is 7.39. The Kier molecular flexibility index (Phi) is 6.68. The van der Waals surface area contributed by atoms with Gasteiger partial charge in [-0.3, -0.25) is 9.79 Å². The molecule has 1 aliphatic rings. The third-order valence-electron chi connectivity index (χ3n) is 5.31. The first-order valence-corrected chi connectivity index (χ1v) is 9.86. The van der Waals surface area contributed by atoms with Crippen LogP contribution in [0.5, 0.6) is 0 Å². The summed E-state index contributed by atoms with van der Waals surface area (Å²) in [5.41, 5.74) is 1.77. The molecule has 0 radical (unpaired) electrons. The molecule has 2 N–H and O–H groups in total. The maximum atomic E-state index is 12.2. The predicted molar refractivity (Wildman–Crippen MR) is 111 cm³/mol. The Labute approximate surface area is 166 Å². The van der Waals surface area contributed by atoms with Crippen LogP contribution in [0.1, 0.15) is 35.3 Å². The lowest BCUT2D eigenvalue weighted by Crippen LogP contribution is -2.50. The number of nitrogens with zero attached hydrogens (tertiary/aromatic N) is 4. The molecule has 2 heterocycles. The van der Waals surface area contributed by atoms with E-state index in [0.29, 0.717) is 30.6 Å². The Bertz CT molecular complexity index is 801. The fourth-order valence-electron chi connectivity index (χ4n) is 3.67. The van der Waals surface area contributed by atoms with Crippen molar-refractivity contribution in [3.63, 3.8) is 0 Å². The maximum Gasteiger partial charge on any atom is 0.251 e. The van der Waals surface area contributed by atoms with Crippen molar-refractivity contribution in [2.24, 2.45) is 10.9 Å². The number of guanidine groups is 1. The van der Waals surface area contributed by atoms with Gasteiger partial charge in [0.15, 0.2) is 5.96 Å². The molecule has 0 saturated carbocycles. The van der Waals surface area contributed by atoms with Crippen LogP contribution in [-0.2, 0) is 0 Å². The number of piperidine rings is 1. The summed E-state index contributed by atoms with van der Waals surface area (Å²) in [7, 11) is 1.80. The molecule has 1 amide bonds. The van der Waals surface area contributed by atoms with Crippen molar-refractivity contribution in [2.45, 2.75) is 26.3 Å². The van der Waals surface area contributed by atoms with Crippen molar-refractivity contribution in [3.05, 3.63) is 54.1 Å². The van der Waals surface area contributed by atoms with Gasteiger partial charge in [-0.05, 0) is 31.4 Å². The number of likely N-dealkylation sites (tertiary alicyclic amines) is 1. The van der Waals surface area contributed by atoms with Crippen LogP contribution in [-0.4, -0.2) is 59.5 Å². The Morgan fingerprint density at radius 2 is 2.14 bits per heavy atom. The Balaban J connectivity index is 1.48. The first-order valence-electron chi connectivity index (χ1n) is 9.86. The van der Waals surface area contributed by atoms with E-state index in [1.165, 1.54) is 0 Å². The number of aryl methyl sites for hydroxylation is 1. The summed E-state index contributed by atoms with van der Waals surface area (Å²) in [5.74, 6) is 1.42. The highest BCUT2D eigenvalue weighted by Crippen LogP contribution is 2.27. The summed E-state index contributed by atoms with van der Waals surface area (Å²) in [6, 6.07) is 8.00. The third-order valence-corrected chi connectivity index (χ3v) is 5.31. The highest BCUT2D eigenvalue weighted by Gasteiger charge is 2.28. The molecule has 1 aromatic heterocycles. The summed E-state index contributed by atoms with van der Waals surface area (Å²) in [6.45, 7) is 7.32. The highest BCUT2D eigenvalue weighted by atomic mass is 16.1. The zero-order chi connectivity index (χ0) is 19.9. The molecule has 2 atom stereocenters. The summed E-state index contributed by atoms with van der Waals surface area (Å²) < 4.78 is 2.19. The molecule has 150 valence electrons. The molecule has 7 heteroatoms. The Hall–Kier alpha value is -2.83. The molecule has 7 nitrogen and oxygen atoms in total. The van der Waals surface area contributed by atoms with Crippen molar-refractivity contribution in [3.8, 4) is 0 Å². The quantitative estimate of drug-likeness (QED) is 0.472. The lowest BCUT2D eigenvalue weighted by atomic mass is 9.93. The summed E-state index contributed by atoms with van der Waals surface area (Å²) in [5, 5.41) is 6.33. The average Bonchev–Trinajstić information content (AvgIpc) is 3.23. The van der Waals surface area contributed by atoms with E-state index in [1.54, 1.807) is 7.05 Å². The molecule has 1 fully saturated rings. The number of amides is 1. The molecule has 0 aliphatic carbocycles. The number of aliphatic imine (C=N–C) groups is 1. The summed E-state index contributed by atoms with van der Waals surface area (Å²) in [6.07, 6.45) is 6.85. The summed E-state index contributed by atoms with van der Waals surface area (Å²) >= 11 is 0. The number of nitrogens with one attached hydrogen (secondary N) is 2. The van der Waals surface area contributed by atoms with Crippen LogP contribution in [0.15, 0.2) is 48.0 Å². The van der Waals surface area contributed by atoms with E-state index in [4.69, 9.17) is 0 Å². The van der Waals surface area contributed by atoms with Crippen LogP contribution < -0.4 is 10.6 Å². The molecule has 2 aromatic rings. The van der Waals surface area contributed by atoms with Gasteiger partial charge in [0.05, 0.1) is 12.4 Å². The van der Waals surface area contributed by atoms with Gasteiger partial charge in [-0.2, -0.15) is 0 Å². The molecule has 28 heavy (non-hydrogen) atoms. The molecule has 3 rings (SSSR count). The number of carbonyl (C=O) groups excluding carboxylic acids is 1. The van der Waals surface area contributed by atoms with E-state index in [1.807, 2.05) is 49.9 Å². The van der Waals surface area contributed by atoms with E-state index in [-0.39, 0.29) is 5.91 Å². The number of carbonyl (C=O) groups is 1. The van der Waals surface area contributed by atoms with Crippen LogP contribution in [0.3, 0.4) is 0 Å². The first-order chi connectivity index (χ1) is 13.6. The lowest BCUT2D eigenvalue weighted by molar-refractivity contribution is 0.0954. The maximum absolute atomic E-state index is 12.2. The van der Waals surface area contributed by atoms with Crippen molar-refractivity contribution in [1.82, 2.24) is 25.1 Å². The number of imidazole rings is 1. The SMILES string of the molecule is CN=C(NCCNC(=O)c1cccc(C)c1)N1CCC(C)C(n2ccnc2)C1. The topological polar surface area (TPSA) is 74.6 Å². The Morgan fingerprint density at radius 3 is 2.86 bits per heavy atom.